The zero-order valence-corrected chi connectivity index (χ0v) is 17.6. The first-order valence-electron chi connectivity index (χ1n) is 9.64. The lowest BCUT2D eigenvalue weighted by Crippen LogP contribution is -2.27. The van der Waals surface area contributed by atoms with Crippen LogP contribution in [0.1, 0.15) is 44.3 Å². The van der Waals surface area contributed by atoms with Crippen LogP contribution in [0.2, 0.25) is 0 Å². The molecule has 0 atom stereocenters. The van der Waals surface area contributed by atoms with E-state index in [1.165, 1.54) is 49.4 Å². The van der Waals surface area contributed by atoms with Gasteiger partial charge < -0.3 is 5.32 Å². The Labute approximate surface area is 187 Å². The third-order valence-corrected chi connectivity index (χ3v) is 5.52. The summed E-state index contributed by atoms with van der Waals surface area (Å²) in [7, 11) is 0. The van der Waals surface area contributed by atoms with Gasteiger partial charge in [-0.25, -0.2) is 8.81 Å². The highest BCUT2D eigenvalue weighted by Gasteiger charge is 2.34. The molecule has 160 valence electrons. The van der Waals surface area contributed by atoms with Crippen LogP contribution in [0.15, 0.2) is 60.7 Å². The summed E-state index contributed by atoms with van der Waals surface area (Å²) < 4.78 is 13.9. The summed E-state index contributed by atoms with van der Waals surface area (Å²) in [6.45, 7) is 1.22. The molecule has 0 spiro atoms. The minimum Gasteiger partial charge on any atom is -0.323 e. The summed E-state index contributed by atoms with van der Waals surface area (Å²) in [6.07, 6.45) is -0.121. The molecule has 0 fully saturated rings. The number of hydrogen-bond donors (Lipinski definition) is 1. The van der Waals surface area contributed by atoms with Crippen LogP contribution in [0.3, 0.4) is 0 Å². The second-order valence-electron chi connectivity index (χ2n) is 7.24. The van der Waals surface area contributed by atoms with E-state index >= 15 is 0 Å². The Balaban J connectivity index is 1.81. The number of fused-ring (bicyclic) bond motifs is 2. The van der Waals surface area contributed by atoms with Gasteiger partial charge in [-0.05, 0) is 29.8 Å². The highest BCUT2D eigenvalue weighted by Crippen LogP contribution is 2.39. The average Bonchev–Trinajstić information content (AvgIpc) is 2.78. The van der Waals surface area contributed by atoms with Gasteiger partial charge in [0.2, 0.25) is 11.8 Å². The van der Waals surface area contributed by atoms with E-state index in [2.05, 4.69) is 5.32 Å². The fourth-order valence-electron chi connectivity index (χ4n) is 3.61. The maximum Gasteiger partial charge on any atom is 0.238 e. The van der Waals surface area contributed by atoms with E-state index in [0.29, 0.717) is 5.56 Å². The average molecular weight is 451 g/mol. The van der Waals surface area contributed by atoms with E-state index in [1.54, 1.807) is 18.2 Å². The second kappa shape index (κ2) is 8.36. The zero-order valence-electron chi connectivity index (χ0n) is 16.8. The number of nitrogens with zero attached hydrogens (tertiary/aromatic N) is 1. The van der Waals surface area contributed by atoms with Crippen molar-refractivity contribution in [1.29, 1.82) is 0 Å². The van der Waals surface area contributed by atoms with Crippen LogP contribution in [0.5, 0.6) is 0 Å². The van der Waals surface area contributed by atoms with Gasteiger partial charge in [0.15, 0.2) is 11.6 Å². The molecule has 0 aliphatic heterocycles. The van der Waals surface area contributed by atoms with Gasteiger partial charge in [0.25, 0.3) is 0 Å². The molecule has 8 heteroatoms. The minimum absolute atomic E-state index is 0.0346. The molecule has 1 aliphatic carbocycles. The van der Waals surface area contributed by atoms with Gasteiger partial charge >= 0.3 is 0 Å². The highest BCUT2D eigenvalue weighted by molar-refractivity contribution is 6.39. The predicted octanol–water partition coefficient (Wildman–Crippen LogP) is 4.29. The van der Waals surface area contributed by atoms with Crippen LogP contribution in [0.25, 0.3) is 0 Å². The summed E-state index contributed by atoms with van der Waals surface area (Å²) in [5.41, 5.74) is 1.08. The lowest BCUT2D eigenvalue weighted by Gasteiger charge is -2.24. The fraction of sp³-hybridized carbons (Fsp3) is 0.0833. The fourth-order valence-corrected chi connectivity index (χ4v) is 3.75. The Morgan fingerprint density at radius 1 is 0.906 bits per heavy atom. The molecule has 32 heavy (non-hydrogen) atoms. The largest absolute Gasteiger partial charge is 0.323 e. The predicted molar refractivity (Wildman–Crippen MR) is 117 cm³/mol. The van der Waals surface area contributed by atoms with E-state index in [0.717, 1.165) is 4.42 Å². The number of anilines is 2. The molecule has 6 nitrogen and oxygen atoms in total. The highest BCUT2D eigenvalue weighted by atomic mass is 35.5. The number of benzene rings is 3. The molecule has 1 aliphatic rings. The van der Waals surface area contributed by atoms with Gasteiger partial charge in [-0.15, -0.1) is 0 Å². The number of carbonyl (C=O) groups is 4. The van der Waals surface area contributed by atoms with Gasteiger partial charge in [0.05, 0.1) is 23.4 Å². The van der Waals surface area contributed by atoms with Crippen molar-refractivity contribution in [1.82, 2.24) is 0 Å². The van der Waals surface area contributed by atoms with Gasteiger partial charge in [-0.3, -0.25) is 19.2 Å². The first-order chi connectivity index (χ1) is 15.3. The van der Waals surface area contributed by atoms with Crippen molar-refractivity contribution in [3.63, 3.8) is 0 Å². The Bertz CT molecular complexity index is 1290. The van der Waals surface area contributed by atoms with Crippen molar-refractivity contribution in [2.45, 2.75) is 13.3 Å². The first-order valence-corrected chi connectivity index (χ1v) is 9.98. The summed E-state index contributed by atoms with van der Waals surface area (Å²) in [5.74, 6) is -2.35. The summed E-state index contributed by atoms with van der Waals surface area (Å²) in [5, 5.41) is 2.64. The third kappa shape index (κ3) is 3.78. The van der Waals surface area contributed by atoms with Crippen LogP contribution < -0.4 is 9.74 Å². The van der Waals surface area contributed by atoms with Crippen molar-refractivity contribution in [3.05, 3.63) is 94.3 Å². The Kier molecular flexibility index (Phi) is 5.59. The van der Waals surface area contributed by atoms with E-state index in [-0.39, 0.29) is 45.8 Å². The second-order valence-corrected chi connectivity index (χ2v) is 7.58. The standard InChI is InChI=1S/C24H16ClFN2O4/c1-13(29)28(25)19-11-10-18-21(24(32)17-5-3-2-4-16(17)23(18)31)22(19)27-20(30)12-14-6-8-15(26)9-7-14/h2-11H,12H2,1H3,(H,27,30). The molecule has 0 unspecified atom stereocenters. The molecule has 4 rings (SSSR count). The Morgan fingerprint density at radius 2 is 1.53 bits per heavy atom. The van der Waals surface area contributed by atoms with Gasteiger partial charge in [0, 0.05) is 35.4 Å². The number of nitrogens with one attached hydrogen (secondary N) is 1. The summed E-state index contributed by atoms with van der Waals surface area (Å²) in [6, 6.07) is 14.6. The number of amides is 2. The van der Waals surface area contributed by atoms with Crippen LogP contribution in [0.4, 0.5) is 15.8 Å². The lowest BCUT2D eigenvalue weighted by atomic mass is 9.82. The van der Waals surface area contributed by atoms with Gasteiger partial charge in [-0.2, -0.15) is 0 Å². The lowest BCUT2D eigenvalue weighted by molar-refractivity contribution is -0.116. The molecule has 1 N–H and O–H groups in total. The summed E-state index contributed by atoms with van der Waals surface area (Å²) >= 11 is 6.13. The Morgan fingerprint density at radius 3 is 2.16 bits per heavy atom. The van der Waals surface area contributed by atoms with Crippen molar-refractivity contribution >= 4 is 46.5 Å². The SMILES string of the molecule is CC(=O)N(Cl)c1ccc2c(c1NC(=O)Cc1ccc(F)cc1)C(=O)c1ccccc1C2=O. The molecule has 0 radical (unpaired) electrons. The van der Waals surface area contributed by atoms with E-state index < -0.39 is 23.4 Å². The Hall–Kier alpha value is -3.84. The molecule has 0 saturated heterocycles. The van der Waals surface area contributed by atoms with Crippen LogP contribution in [-0.4, -0.2) is 23.4 Å². The van der Waals surface area contributed by atoms with Crippen LogP contribution in [-0.2, 0) is 16.0 Å². The number of carbonyl (C=O) groups excluding carboxylic acids is 4. The molecule has 0 bridgehead atoms. The molecule has 0 saturated carbocycles. The zero-order chi connectivity index (χ0) is 23.0. The minimum atomic E-state index is -0.546. The van der Waals surface area contributed by atoms with E-state index in [1.807, 2.05) is 0 Å². The quantitative estimate of drug-likeness (QED) is 0.470. The molecule has 3 aromatic rings. The molecular formula is C24H16ClFN2O4. The normalized spacial score (nSPS) is 12.1. The van der Waals surface area contributed by atoms with Gasteiger partial charge in [-0.1, -0.05) is 36.4 Å². The monoisotopic (exact) mass is 450 g/mol. The maximum absolute atomic E-state index is 13.3. The van der Waals surface area contributed by atoms with E-state index in [4.69, 9.17) is 11.8 Å². The molecule has 3 aromatic carbocycles. The van der Waals surface area contributed by atoms with E-state index in [9.17, 15) is 23.6 Å². The third-order valence-electron chi connectivity index (χ3n) is 5.10. The topological polar surface area (TPSA) is 83.6 Å². The van der Waals surface area contributed by atoms with Crippen molar-refractivity contribution < 1.29 is 23.6 Å². The smallest absolute Gasteiger partial charge is 0.238 e. The van der Waals surface area contributed by atoms with Crippen molar-refractivity contribution in [3.8, 4) is 0 Å². The van der Waals surface area contributed by atoms with Crippen molar-refractivity contribution in [2.75, 3.05) is 9.74 Å². The first kappa shape index (κ1) is 21.4. The number of halogens is 2. The maximum atomic E-state index is 13.3. The van der Waals surface area contributed by atoms with Crippen LogP contribution >= 0.6 is 11.8 Å². The molecular weight excluding hydrogens is 435 g/mol. The molecule has 0 aromatic heterocycles. The number of hydrogen-bond acceptors (Lipinski definition) is 4. The number of ketones is 2. The summed E-state index contributed by atoms with van der Waals surface area (Å²) in [4.78, 5) is 51.0. The number of rotatable bonds is 4. The molecule has 0 heterocycles. The van der Waals surface area contributed by atoms with Gasteiger partial charge in [0.1, 0.15) is 5.82 Å². The van der Waals surface area contributed by atoms with Crippen LogP contribution in [0, 0.1) is 5.82 Å². The van der Waals surface area contributed by atoms with Crippen molar-refractivity contribution in [2.24, 2.45) is 0 Å². The molecule has 2 amide bonds.